The largest absolute Gasteiger partial charge is 0.492 e. The Balaban J connectivity index is 1.16. The molecule has 206 valence electrons. The van der Waals surface area contributed by atoms with E-state index in [2.05, 4.69) is 20.3 Å². The molecular weight excluding hydrogens is 579 g/mol. The third kappa shape index (κ3) is 8.13. The normalized spacial score (nSPS) is 11.1. The summed E-state index contributed by atoms with van der Waals surface area (Å²) in [5, 5.41) is 15.2. The Kier molecular flexibility index (Phi) is 9.57. The molecule has 2 aromatic heterocycles. The van der Waals surface area contributed by atoms with Crippen molar-refractivity contribution in [1.82, 2.24) is 15.3 Å². The number of para-hydroxylation sites is 1. The van der Waals surface area contributed by atoms with E-state index < -0.39 is 4.92 Å². The molecule has 0 spiro atoms. The van der Waals surface area contributed by atoms with Crippen LogP contribution in [0.15, 0.2) is 110 Å². The van der Waals surface area contributed by atoms with Crippen LogP contribution in [0.4, 0.5) is 11.4 Å². The number of thiazole rings is 1. The number of nitro groups is 1. The Hall–Kier alpha value is -4.26. The van der Waals surface area contributed by atoms with Crippen molar-refractivity contribution in [1.29, 1.82) is 0 Å². The third-order valence-corrected chi connectivity index (χ3v) is 8.69. The Morgan fingerprint density at radius 2 is 1.93 bits per heavy atom. The van der Waals surface area contributed by atoms with Crippen molar-refractivity contribution in [3.8, 4) is 5.75 Å². The van der Waals surface area contributed by atoms with Gasteiger partial charge < -0.3 is 10.1 Å². The minimum atomic E-state index is -0.399. The first kappa shape index (κ1) is 28.3. The van der Waals surface area contributed by atoms with Gasteiger partial charge in [0.15, 0.2) is 4.34 Å². The summed E-state index contributed by atoms with van der Waals surface area (Å²) in [6.07, 6.45) is 3.25. The van der Waals surface area contributed by atoms with Crippen molar-refractivity contribution < 1.29 is 14.5 Å². The quantitative estimate of drug-likeness (QED) is 0.0546. The fraction of sp³-hybridized carbons (Fsp3) is 0.103. The number of carbonyl (C=O) groups is 1. The molecule has 0 atom stereocenters. The van der Waals surface area contributed by atoms with E-state index in [9.17, 15) is 14.9 Å². The van der Waals surface area contributed by atoms with Crippen molar-refractivity contribution in [2.45, 2.75) is 14.3 Å². The smallest absolute Gasteiger partial charge is 0.283 e. The number of fused-ring (bicyclic) bond motifs is 1. The van der Waals surface area contributed by atoms with Crippen LogP contribution in [-0.4, -0.2) is 45.9 Å². The lowest BCUT2D eigenvalue weighted by atomic mass is 10.2. The maximum Gasteiger partial charge on any atom is 0.283 e. The van der Waals surface area contributed by atoms with E-state index in [1.54, 1.807) is 30.6 Å². The first-order valence-electron chi connectivity index (χ1n) is 12.4. The highest BCUT2D eigenvalue weighted by Gasteiger charge is 2.16. The second-order valence-electron chi connectivity index (χ2n) is 8.44. The number of thioether (sulfide) groups is 1. The third-order valence-electron chi connectivity index (χ3n) is 5.51. The van der Waals surface area contributed by atoms with Gasteiger partial charge in [0, 0.05) is 18.5 Å². The van der Waals surface area contributed by atoms with Crippen LogP contribution in [0, 0.1) is 10.1 Å². The highest BCUT2D eigenvalue weighted by molar-refractivity contribution is 8.01. The van der Waals surface area contributed by atoms with Gasteiger partial charge in [0.1, 0.15) is 17.4 Å². The molecule has 0 radical (unpaired) electrons. The highest BCUT2D eigenvalue weighted by Crippen LogP contribution is 2.35. The number of nitrogens with zero attached hydrogens (tertiary/aromatic N) is 4. The lowest BCUT2D eigenvalue weighted by Gasteiger charge is -2.07. The lowest BCUT2D eigenvalue weighted by molar-refractivity contribution is -0.387. The standard InChI is InChI=1S/C29H23N5O4S3/c35-27(30-14-15-38-22-6-2-1-3-7-22)19-39-29-33-23-11-10-21(17-26(23)41-29)32-18-20-9-12-25(24(16-20)34(36)37)40-28-8-4-5-13-31-28/h1-13,16-18H,14-15,19H2,(H,30,35). The summed E-state index contributed by atoms with van der Waals surface area (Å²) >= 11 is 4.11. The molecule has 2 heterocycles. The summed E-state index contributed by atoms with van der Waals surface area (Å²) in [7, 11) is 0. The number of ether oxygens (including phenoxy) is 1. The molecule has 5 rings (SSSR count). The van der Waals surface area contributed by atoms with Gasteiger partial charge in [-0.3, -0.25) is 19.9 Å². The zero-order chi connectivity index (χ0) is 28.4. The fourth-order valence-corrected chi connectivity index (χ4v) is 6.39. The number of nitrogens with one attached hydrogen (secondary N) is 1. The van der Waals surface area contributed by atoms with Gasteiger partial charge in [0.05, 0.1) is 38.0 Å². The van der Waals surface area contributed by atoms with Gasteiger partial charge in [0.25, 0.3) is 5.69 Å². The summed E-state index contributed by atoms with van der Waals surface area (Å²) in [5.41, 5.74) is 2.13. The van der Waals surface area contributed by atoms with Gasteiger partial charge in [-0.2, -0.15) is 0 Å². The molecule has 0 aliphatic heterocycles. The first-order chi connectivity index (χ1) is 20.0. The summed E-state index contributed by atoms with van der Waals surface area (Å²) in [6.45, 7) is 0.816. The molecule has 3 aromatic carbocycles. The molecule has 1 amide bonds. The van der Waals surface area contributed by atoms with Crippen LogP contribution in [0.5, 0.6) is 5.75 Å². The number of benzene rings is 3. The number of nitro benzene ring substituents is 1. The van der Waals surface area contributed by atoms with E-state index in [0.717, 1.165) is 20.3 Å². The number of carbonyl (C=O) groups excluding carboxylic acids is 1. The molecule has 12 heteroatoms. The number of aromatic nitrogens is 2. The van der Waals surface area contributed by atoms with E-state index in [1.807, 2.05) is 60.7 Å². The number of pyridine rings is 1. The van der Waals surface area contributed by atoms with Gasteiger partial charge in [-0.05, 0) is 54.1 Å². The molecular formula is C29H23N5O4S3. The van der Waals surface area contributed by atoms with Gasteiger partial charge in [-0.25, -0.2) is 9.97 Å². The molecule has 0 saturated heterocycles. The van der Waals surface area contributed by atoms with Crippen LogP contribution in [0.3, 0.4) is 0 Å². The highest BCUT2D eigenvalue weighted by atomic mass is 32.2. The van der Waals surface area contributed by atoms with Crippen molar-refractivity contribution in [2.75, 3.05) is 18.9 Å². The Bertz CT molecular complexity index is 1680. The first-order valence-corrected chi connectivity index (χ1v) is 15.0. The van der Waals surface area contributed by atoms with Crippen LogP contribution in [-0.2, 0) is 4.79 Å². The molecule has 0 saturated carbocycles. The lowest BCUT2D eigenvalue weighted by Crippen LogP contribution is -2.29. The van der Waals surface area contributed by atoms with Gasteiger partial charge in [0.2, 0.25) is 5.91 Å². The van der Waals surface area contributed by atoms with E-state index in [4.69, 9.17) is 4.74 Å². The zero-order valence-electron chi connectivity index (χ0n) is 21.5. The summed E-state index contributed by atoms with van der Waals surface area (Å²) in [5.74, 6) is 0.933. The van der Waals surface area contributed by atoms with Crippen LogP contribution in [0.2, 0.25) is 0 Å². The van der Waals surface area contributed by atoms with Gasteiger partial charge in [-0.15, -0.1) is 11.3 Å². The van der Waals surface area contributed by atoms with E-state index in [-0.39, 0.29) is 17.3 Å². The molecule has 1 N–H and O–H groups in total. The zero-order valence-corrected chi connectivity index (χ0v) is 24.0. The van der Waals surface area contributed by atoms with Gasteiger partial charge in [-0.1, -0.05) is 53.9 Å². The van der Waals surface area contributed by atoms with Gasteiger partial charge >= 0.3 is 0 Å². The second kappa shape index (κ2) is 13.9. The van der Waals surface area contributed by atoms with Crippen molar-refractivity contribution in [3.63, 3.8) is 0 Å². The predicted octanol–water partition coefficient (Wildman–Crippen LogP) is 6.79. The van der Waals surface area contributed by atoms with Crippen LogP contribution in [0.25, 0.3) is 10.2 Å². The summed E-state index contributed by atoms with van der Waals surface area (Å²) < 4.78 is 7.31. The Morgan fingerprint density at radius 3 is 2.73 bits per heavy atom. The predicted molar refractivity (Wildman–Crippen MR) is 164 cm³/mol. The number of rotatable bonds is 12. The van der Waals surface area contributed by atoms with Crippen LogP contribution in [0.1, 0.15) is 5.56 Å². The van der Waals surface area contributed by atoms with Crippen LogP contribution >= 0.6 is 34.9 Å². The van der Waals surface area contributed by atoms with Crippen molar-refractivity contribution in [3.05, 3.63) is 107 Å². The average molecular weight is 602 g/mol. The van der Waals surface area contributed by atoms with Crippen molar-refractivity contribution in [2.24, 2.45) is 4.99 Å². The van der Waals surface area contributed by atoms with Crippen LogP contribution < -0.4 is 10.1 Å². The fourth-order valence-electron chi connectivity index (χ4n) is 3.60. The molecule has 0 aliphatic carbocycles. The topological polar surface area (TPSA) is 120 Å². The molecule has 9 nitrogen and oxygen atoms in total. The Labute approximate surface area is 248 Å². The SMILES string of the molecule is O=C(CSc1nc2ccc(N=Cc3ccc(Sc4ccccn4)c([N+](=O)[O-])c3)cc2s1)NCCOc1ccccc1. The number of hydrogen-bond acceptors (Lipinski definition) is 10. The van der Waals surface area contributed by atoms with E-state index >= 15 is 0 Å². The molecule has 41 heavy (non-hydrogen) atoms. The molecule has 0 aliphatic rings. The minimum absolute atomic E-state index is 0.00284. The van der Waals surface area contributed by atoms with E-state index in [0.29, 0.717) is 34.3 Å². The summed E-state index contributed by atoms with van der Waals surface area (Å²) in [4.78, 5) is 37.4. The second-order valence-corrected chi connectivity index (χ2v) is 11.8. The molecule has 0 unspecified atom stereocenters. The average Bonchev–Trinajstić information content (AvgIpc) is 3.41. The molecule has 5 aromatic rings. The van der Waals surface area contributed by atoms with Crippen molar-refractivity contribution >= 4 is 68.6 Å². The van der Waals surface area contributed by atoms with E-state index in [1.165, 1.54) is 40.9 Å². The minimum Gasteiger partial charge on any atom is -0.492 e. The maximum absolute atomic E-state index is 12.2. The number of amides is 1. The number of hydrogen-bond donors (Lipinski definition) is 1. The maximum atomic E-state index is 12.2. The molecule has 0 fully saturated rings. The Morgan fingerprint density at radius 1 is 1.07 bits per heavy atom. The molecule has 0 bridgehead atoms. The number of aliphatic imine (C=N–C) groups is 1. The summed E-state index contributed by atoms with van der Waals surface area (Å²) in [6, 6.07) is 25.5. The monoisotopic (exact) mass is 601 g/mol.